The number of carbonyl (C=O) groups is 1. The largest absolute Gasteiger partial charge is 0.493 e. The zero-order valence-electron chi connectivity index (χ0n) is 13.5. The van der Waals surface area contributed by atoms with E-state index in [4.69, 9.17) is 14.2 Å². The van der Waals surface area contributed by atoms with Gasteiger partial charge in [-0.15, -0.1) is 0 Å². The number of hydrogen-bond donors (Lipinski definition) is 1. The summed E-state index contributed by atoms with van der Waals surface area (Å²) in [4.78, 5) is 17.6. The molecule has 0 radical (unpaired) electrons. The molecule has 0 spiro atoms. The molecule has 1 aromatic heterocycles. The summed E-state index contributed by atoms with van der Waals surface area (Å²) in [5.74, 6) is 1.04. The van der Waals surface area contributed by atoms with E-state index in [0.717, 1.165) is 22.6 Å². The number of rotatable bonds is 5. The van der Waals surface area contributed by atoms with Gasteiger partial charge in [0.2, 0.25) is 5.91 Å². The number of fused-ring (bicyclic) bond motifs is 1. The normalized spacial score (nSPS) is 13.6. The van der Waals surface area contributed by atoms with Crippen molar-refractivity contribution in [1.29, 1.82) is 0 Å². The van der Waals surface area contributed by atoms with Crippen molar-refractivity contribution < 1.29 is 19.0 Å². The molecule has 1 amide bonds. The Morgan fingerprint density at radius 1 is 1.33 bits per heavy atom. The maximum absolute atomic E-state index is 12.1. The third-order valence-corrected chi connectivity index (χ3v) is 4.55. The molecule has 0 fully saturated rings. The van der Waals surface area contributed by atoms with Gasteiger partial charge >= 0.3 is 0 Å². The highest BCUT2D eigenvalue weighted by molar-refractivity contribution is 7.15. The number of aromatic nitrogens is 1. The second-order valence-corrected chi connectivity index (χ2v) is 6.21. The molecule has 1 aromatic carbocycles. The lowest BCUT2D eigenvalue weighted by molar-refractivity contribution is -0.111. The van der Waals surface area contributed by atoms with Gasteiger partial charge in [0.25, 0.3) is 0 Å². The van der Waals surface area contributed by atoms with Crippen molar-refractivity contribution >= 4 is 28.5 Å². The molecule has 3 rings (SSSR count). The Hall–Kier alpha value is -2.38. The van der Waals surface area contributed by atoms with E-state index in [9.17, 15) is 4.79 Å². The average Bonchev–Trinajstić information content (AvgIpc) is 3.01. The minimum absolute atomic E-state index is 0.225. The fourth-order valence-electron chi connectivity index (χ4n) is 2.35. The molecular weight excluding hydrogens is 328 g/mol. The molecule has 7 heteroatoms. The molecule has 0 saturated heterocycles. The van der Waals surface area contributed by atoms with Crippen LogP contribution < -0.4 is 14.8 Å². The Bertz CT molecular complexity index is 746. The van der Waals surface area contributed by atoms with Gasteiger partial charge in [0.15, 0.2) is 16.6 Å². The van der Waals surface area contributed by atoms with Gasteiger partial charge < -0.3 is 14.2 Å². The summed E-state index contributed by atoms with van der Waals surface area (Å²) in [5, 5.41) is 3.39. The lowest BCUT2D eigenvalue weighted by Gasteiger charge is -2.08. The fraction of sp³-hybridized carbons (Fsp3) is 0.294. The van der Waals surface area contributed by atoms with E-state index in [1.165, 1.54) is 17.4 Å². The third-order valence-electron chi connectivity index (χ3n) is 3.56. The van der Waals surface area contributed by atoms with E-state index in [1.54, 1.807) is 26.4 Å². The second kappa shape index (κ2) is 7.46. The van der Waals surface area contributed by atoms with E-state index < -0.39 is 0 Å². The van der Waals surface area contributed by atoms with Gasteiger partial charge in [-0.25, -0.2) is 4.98 Å². The van der Waals surface area contributed by atoms with Crippen LogP contribution in [0.4, 0.5) is 5.13 Å². The number of anilines is 1. The lowest BCUT2D eigenvalue weighted by atomic mass is 10.2. The van der Waals surface area contributed by atoms with E-state index in [-0.39, 0.29) is 5.91 Å². The zero-order chi connectivity index (χ0) is 16.9. The quantitative estimate of drug-likeness (QED) is 0.843. The van der Waals surface area contributed by atoms with Crippen molar-refractivity contribution in [2.45, 2.75) is 13.0 Å². The number of methoxy groups -OCH3 is 2. The standard InChI is InChI=1S/C17H18N2O4S/c1-21-13-5-3-11(9-14(13)22-2)4-6-16(20)19-17-18-12-7-8-23-10-15(12)24-17/h3-6,9H,7-8,10H2,1-2H3,(H,18,19,20)/b6-4+. The van der Waals surface area contributed by atoms with Gasteiger partial charge in [0.05, 0.1) is 38.0 Å². The molecule has 1 aliphatic heterocycles. The molecule has 126 valence electrons. The summed E-state index contributed by atoms with van der Waals surface area (Å²) in [6, 6.07) is 5.46. The van der Waals surface area contributed by atoms with Crippen LogP contribution >= 0.6 is 11.3 Å². The zero-order valence-corrected chi connectivity index (χ0v) is 14.3. The topological polar surface area (TPSA) is 69.7 Å². The van der Waals surface area contributed by atoms with Crippen LogP contribution in [0.3, 0.4) is 0 Å². The summed E-state index contributed by atoms with van der Waals surface area (Å²) < 4.78 is 15.8. The van der Waals surface area contributed by atoms with Crippen LogP contribution in [-0.2, 0) is 22.6 Å². The highest BCUT2D eigenvalue weighted by atomic mass is 32.1. The molecule has 1 N–H and O–H groups in total. The Labute approximate surface area is 144 Å². The first-order valence-electron chi connectivity index (χ1n) is 7.47. The van der Waals surface area contributed by atoms with Crippen LogP contribution in [0.2, 0.25) is 0 Å². The van der Waals surface area contributed by atoms with Crippen molar-refractivity contribution in [3.05, 3.63) is 40.4 Å². The molecule has 0 unspecified atom stereocenters. The van der Waals surface area contributed by atoms with Gasteiger partial charge in [0, 0.05) is 12.5 Å². The minimum atomic E-state index is -0.225. The first-order chi connectivity index (χ1) is 11.7. The second-order valence-electron chi connectivity index (χ2n) is 5.13. The van der Waals surface area contributed by atoms with Crippen molar-refractivity contribution in [3.63, 3.8) is 0 Å². The van der Waals surface area contributed by atoms with Gasteiger partial charge in [-0.1, -0.05) is 17.4 Å². The van der Waals surface area contributed by atoms with Gasteiger partial charge in [0.1, 0.15) is 0 Å². The van der Waals surface area contributed by atoms with Gasteiger partial charge in [-0.05, 0) is 23.8 Å². The number of carbonyl (C=O) groups excluding carboxylic acids is 1. The van der Waals surface area contributed by atoms with Gasteiger partial charge in [-0.2, -0.15) is 0 Å². The van der Waals surface area contributed by atoms with Crippen molar-refractivity contribution in [2.24, 2.45) is 0 Å². The molecule has 0 bridgehead atoms. The van der Waals surface area contributed by atoms with Crippen molar-refractivity contribution in [3.8, 4) is 11.5 Å². The van der Waals surface area contributed by atoms with Crippen LogP contribution in [-0.4, -0.2) is 31.7 Å². The van der Waals surface area contributed by atoms with Crippen LogP contribution in [0, 0.1) is 0 Å². The summed E-state index contributed by atoms with van der Waals surface area (Å²) in [7, 11) is 3.16. The number of thiazole rings is 1. The van der Waals surface area contributed by atoms with Crippen LogP contribution in [0.5, 0.6) is 11.5 Å². The van der Waals surface area contributed by atoms with Crippen LogP contribution in [0.15, 0.2) is 24.3 Å². The van der Waals surface area contributed by atoms with E-state index >= 15 is 0 Å². The molecule has 24 heavy (non-hydrogen) atoms. The molecule has 0 aliphatic carbocycles. The van der Waals surface area contributed by atoms with Crippen molar-refractivity contribution in [2.75, 3.05) is 26.1 Å². The first kappa shape index (κ1) is 16.5. The molecule has 1 aliphatic rings. The van der Waals surface area contributed by atoms with E-state index in [1.807, 2.05) is 12.1 Å². The van der Waals surface area contributed by atoms with Crippen LogP contribution in [0.1, 0.15) is 16.1 Å². The lowest BCUT2D eigenvalue weighted by Crippen LogP contribution is -2.09. The maximum Gasteiger partial charge on any atom is 0.250 e. The summed E-state index contributed by atoms with van der Waals surface area (Å²) in [6.45, 7) is 1.26. The summed E-state index contributed by atoms with van der Waals surface area (Å²) >= 11 is 1.46. The predicted octanol–water partition coefficient (Wildman–Crippen LogP) is 2.88. The summed E-state index contributed by atoms with van der Waals surface area (Å²) in [6.07, 6.45) is 3.98. The number of hydrogen-bond acceptors (Lipinski definition) is 6. The fourth-order valence-corrected chi connectivity index (χ4v) is 3.30. The highest BCUT2D eigenvalue weighted by Crippen LogP contribution is 2.28. The predicted molar refractivity (Wildman–Crippen MR) is 92.7 cm³/mol. The summed E-state index contributed by atoms with van der Waals surface area (Å²) in [5.41, 5.74) is 1.86. The molecule has 6 nitrogen and oxygen atoms in total. The molecule has 2 aromatic rings. The Kier molecular flexibility index (Phi) is 5.12. The molecule has 0 atom stereocenters. The number of benzene rings is 1. The maximum atomic E-state index is 12.1. The minimum Gasteiger partial charge on any atom is -0.493 e. The molecule has 2 heterocycles. The Morgan fingerprint density at radius 2 is 2.17 bits per heavy atom. The van der Waals surface area contributed by atoms with Crippen LogP contribution in [0.25, 0.3) is 6.08 Å². The van der Waals surface area contributed by atoms with Gasteiger partial charge in [-0.3, -0.25) is 10.1 Å². The van der Waals surface area contributed by atoms with E-state index in [2.05, 4.69) is 10.3 Å². The Morgan fingerprint density at radius 3 is 2.92 bits per heavy atom. The number of ether oxygens (including phenoxy) is 3. The molecule has 0 saturated carbocycles. The number of nitrogens with zero attached hydrogens (tertiary/aromatic N) is 1. The highest BCUT2D eigenvalue weighted by Gasteiger charge is 2.16. The number of nitrogens with one attached hydrogen (secondary N) is 1. The van der Waals surface area contributed by atoms with Crippen molar-refractivity contribution in [1.82, 2.24) is 4.98 Å². The smallest absolute Gasteiger partial charge is 0.250 e. The number of amides is 1. The van der Waals surface area contributed by atoms with E-state index in [0.29, 0.717) is 29.8 Å². The SMILES string of the molecule is COc1ccc(/C=C/C(=O)Nc2nc3c(s2)COCC3)cc1OC. The molecular formula is C17H18N2O4S. The Balaban J connectivity index is 1.66. The monoisotopic (exact) mass is 346 g/mol. The first-order valence-corrected chi connectivity index (χ1v) is 8.28. The third kappa shape index (κ3) is 3.74. The average molecular weight is 346 g/mol.